The minimum absolute atomic E-state index is 0.534. The van der Waals surface area contributed by atoms with Gasteiger partial charge in [-0.3, -0.25) is 0 Å². The van der Waals surface area contributed by atoms with E-state index < -0.39 is 0 Å². The Morgan fingerprint density at radius 3 is 2.81 bits per heavy atom. The number of rotatable bonds is 5. The second-order valence-electron chi connectivity index (χ2n) is 4.60. The summed E-state index contributed by atoms with van der Waals surface area (Å²) in [5.74, 6) is 1.84. The minimum Gasteiger partial charge on any atom is -0.497 e. The SMILES string of the molecule is COc1cc(Br)cc(NC(C)CC2CC2)c1. The van der Waals surface area contributed by atoms with Gasteiger partial charge in [0, 0.05) is 22.3 Å². The molecule has 1 N–H and O–H groups in total. The van der Waals surface area contributed by atoms with Gasteiger partial charge in [0.05, 0.1) is 7.11 Å². The van der Waals surface area contributed by atoms with Crippen molar-refractivity contribution in [2.24, 2.45) is 5.92 Å². The van der Waals surface area contributed by atoms with Crippen molar-refractivity contribution in [1.82, 2.24) is 0 Å². The molecule has 0 heterocycles. The zero-order valence-corrected chi connectivity index (χ0v) is 11.4. The Morgan fingerprint density at radius 2 is 2.19 bits per heavy atom. The van der Waals surface area contributed by atoms with E-state index in [0.717, 1.165) is 21.8 Å². The highest BCUT2D eigenvalue weighted by Crippen LogP contribution is 2.34. The number of ether oxygens (including phenoxy) is 1. The van der Waals surface area contributed by atoms with Gasteiger partial charge in [-0.05, 0) is 31.4 Å². The smallest absolute Gasteiger partial charge is 0.122 e. The van der Waals surface area contributed by atoms with Gasteiger partial charge in [0.2, 0.25) is 0 Å². The number of hydrogen-bond acceptors (Lipinski definition) is 2. The highest BCUT2D eigenvalue weighted by Gasteiger charge is 2.23. The normalized spacial score (nSPS) is 16.9. The third-order valence-electron chi connectivity index (χ3n) is 2.90. The van der Waals surface area contributed by atoms with Crippen molar-refractivity contribution >= 4 is 21.6 Å². The highest BCUT2D eigenvalue weighted by molar-refractivity contribution is 9.10. The monoisotopic (exact) mass is 283 g/mol. The van der Waals surface area contributed by atoms with Gasteiger partial charge in [-0.15, -0.1) is 0 Å². The molecule has 2 nitrogen and oxygen atoms in total. The summed E-state index contributed by atoms with van der Waals surface area (Å²) < 4.78 is 6.29. The summed E-state index contributed by atoms with van der Waals surface area (Å²) >= 11 is 3.49. The van der Waals surface area contributed by atoms with Crippen LogP contribution in [0.1, 0.15) is 26.2 Å². The maximum absolute atomic E-state index is 5.24. The number of halogens is 1. The molecule has 1 aromatic carbocycles. The summed E-state index contributed by atoms with van der Waals surface area (Å²) in [4.78, 5) is 0. The van der Waals surface area contributed by atoms with Crippen molar-refractivity contribution < 1.29 is 4.74 Å². The summed E-state index contributed by atoms with van der Waals surface area (Å²) in [5.41, 5.74) is 1.12. The fourth-order valence-electron chi connectivity index (χ4n) is 1.96. The topological polar surface area (TPSA) is 21.3 Å². The molecule has 1 fully saturated rings. The Balaban J connectivity index is 1.98. The highest BCUT2D eigenvalue weighted by atomic mass is 79.9. The van der Waals surface area contributed by atoms with Crippen LogP contribution in [0, 0.1) is 5.92 Å². The molecule has 2 rings (SSSR count). The Kier molecular flexibility index (Phi) is 3.74. The zero-order valence-electron chi connectivity index (χ0n) is 9.79. The van der Waals surface area contributed by atoms with Crippen LogP contribution in [0.2, 0.25) is 0 Å². The summed E-state index contributed by atoms with van der Waals surface area (Å²) in [7, 11) is 1.69. The predicted molar refractivity (Wildman–Crippen MR) is 71.1 cm³/mol. The van der Waals surface area contributed by atoms with Gasteiger partial charge in [-0.1, -0.05) is 28.8 Å². The number of nitrogens with one attached hydrogen (secondary N) is 1. The third-order valence-corrected chi connectivity index (χ3v) is 3.36. The molecule has 0 bridgehead atoms. The second kappa shape index (κ2) is 5.09. The molecule has 1 aliphatic carbocycles. The molecule has 1 atom stereocenters. The van der Waals surface area contributed by atoms with E-state index in [1.54, 1.807) is 7.11 Å². The number of hydrogen-bond donors (Lipinski definition) is 1. The lowest BCUT2D eigenvalue weighted by Gasteiger charge is -2.15. The molecule has 0 aromatic heterocycles. The van der Waals surface area contributed by atoms with Crippen LogP contribution < -0.4 is 10.1 Å². The van der Waals surface area contributed by atoms with Crippen molar-refractivity contribution in [2.75, 3.05) is 12.4 Å². The number of benzene rings is 1. The van der Waals surface area contributed by atoms with E-state index in [2.05, 4.69) is 34.2 Å². The van der Waals surface area contributed by atoms with Gasteiger partial charge in [-0.2, -0.15) is 0 Å². The van der Waals surface area contributed by atoms with E-state index in [4.69, 9.17) is 4.74 Å². The molecule has 1 aromatic rings. The molecule has 0 aliphatic heterocycles. The van der Waals surface area contributed by atoms with Crippen LogP contribution in [0.15, 0.2) is 22.7 Å². The van der Waals surface area contributed by atoms with E-state index in [9.17, 15) is 0 Å². The van der Waals surface area contributed by atoms with Crippen molar-refractivity contribution in [1.29, 1.82) is 0 Å². The van der Waals surface area contributed by atoms with Crippen LogP contribution in [0.3, 0.4) is 0 Å². The van der Waals surface area contributed by atoms with E-state index >= 15 is 0 Å². The summed E-state index contributed by atoms with van der Waals surface area (Å²) in [6.07, 6.45) is 4.09. The average molecular weight is 284 g/mol. The summed E-state index contributed by atoms with van der Waals surface area (Å²) in [6, 6.07) is 6.63. The standard InChI is InChI=1S/C13H18BrNO/c1-9(5-10-3-4-10)15-12-6-11(14)7-13(8-12)16-2/h6-10,15H,3-5H2,1-2H3. The van der Waals surface area contributed by atoms with Gasteiger partial charge in [0.1, 0.15) is 5.75 Å². The lowest BCUT2D eigenvalue weighted by Crippen LogP contribution is -2.15. The van der Waals surface area contributed by atoms with Gasteiger partial charge >= 0.3 is 0 Å². The molecule has 0 amide bonds. The summed E-state index contributed by atoms with van der Waals surface area (Å²) in [6.45, 7) is 2.24. The second-order valence-corrected chi connectivity index (χ2v) is 5.52. The van der Waals surface area contributed by atoms with Crippen LogP contribution in [-0.2, 0) is 0 Å². The van der Waals surface area contributed by atoms with Crippen molar-refractivity contribution in [3.63, 3.8) is 0 Å². The average Bonchev–Trinajstić information content (AvgIpc) is 3.00. The van der Waals surface area contributed by atoms with Crippen molar-refractivity contribution in [3.05, 3.63) is 22.7 Å². The third kappa shape index (κ3) is 3.41. The molecule has 16 heavy (non-hydrogen) atoms. The van der Waals surface area contributed by atoms with Crippen LogP contribution in [0.4, 0.5) is 5.69 Å². The Bertz CT molecular complexity index is 363. The van der Waals surface area contributed by atoms with E-state index in [0.29, 0.717) is 6.04 Å². The largest absolute Gasteiger partial charge is 0.497 e. The molecule has 0 radical (unpaired) electrons. The van der Waals surface area contributed by atoms with Gasteiger partial charge in [0.15, 0.2) is 0 Å². The molecule has 1 saturated carbocycles. The van der Waals surface area contributed by atoms with E-state index in [1.807, 2.05) is 12.1 Å². The molecule has 3 heteroatoms. The summed E-state index contributed by atoms with van der Waals surface area (Å²) in [5, 5.41) is 3.52. The fraction of sp³-hybridized carbons (Fsp3) is 0.538. The van der Waals surface area contributed by atoms with Crippen LogP contribution in [-0.4, -0.2) is 13.2 Å². The number of anilines is 1. The molecule has 1 unspecified atom stereocenters. The van der Waals surface area contributed by atoms with Crippen molar-refractivity contribution in [3.8, 4) is 5.75 Å². The van der Waals surface area contributed by atoms with Gasteiger partial charge in [-0.25, -0.2) is 0 Å². The van der Waals surface area contributed by atoms with Gasteiger partial charge in [0.25, 0.3) is 0 Å². The molecule has 1 aliphatic rings. The Hall–Kier alpha value is -0.700. The first-order valence-electron chi connectivity index (χ1n) is 5.78. The molecular weight excluding hydrogens is 266 g/mol. The zero-order chi connectivity index (χ0) is 11.5. The maximum Gasteiger partial charge on any atom is 0.122 e. The Labute approximate surface area is 106 Å². The van der Waals surface area contributed by atoms with E-state index in [1.165, 1.54) is 19.3 Å². The first-order valence-corrected chi connectivity index (χ1v) is 6.58. The Morgan fingerprint density at radius 1 is 1.44 bits per heavy atom. The molecule has 0 saturated heterocycles. The minimum atomic E-state index is 0.534. The predicted octanol–water partition coefficient (Wildman–Crippen LogP) is 4.06. The quantitative estimate of drug-likeness (QED) is 0.880. The first kappa shape index (κ1) is 11.8. The van der Waals surface area contributed by atoms with Crippen LogP contribution in [0.25, 0.3) is 0 Å². The van der Waals surface area contributed by atoms with Crippen LogP contribution in [0.5, 0.6) is 5.75 Å². The lowest BCUT2D eigenvalue weighted by molar-refractivity contribution is 0.414. The molecule has 88 valence electrons. The molecular formula is C13H18BrNO. The van der Waals surface area contributed by atoms with Gasteiger partial charge < -0.3 is 10.1 Å². The number of methoxy groups -OCH3 is 1. The first-order chi connectivity index (χ1) is 7.67. The van der Waals surface area contributed by atoms with Crippen molar-refractivity contribution in [2.45, 2.75) is 32.2 Å². The fourth-order valence-corrected chi connectivity index (χ4v) is 2.43. The van der Waals surface area contributed by atoms with E-state index in [-0.39, 0.29) is 0 Å². The maximum atomic E-state index is 5.24. The molecule has 0 spiro atoms. The lowest BCUT2D eigenvalue weighted by atomic mass is 10.1. The van der Waals surface area contributed by atoms with Crippen LogP contribution >= 0.6 is 15.9 Å².